The molecule has 1 atom stereocenters. The van der Waals surface area contributed by atoms with E-state index in [2.05, 4.69) is 27.4 Å². The molecule has 3 rings (SSSR count). The van der Waals surface area contributed by atoms with Crippen molar-refractivity contribution in [1.82, 2.24) is 25.4 Å². The first-order chi connectivity index (χ1) is 15.5. The van der Waals surface area contributed by atoms with Gasteiger partial charge in [0, 0.05) is 17.1 Å². The molecule has 0 spiro atoms. The molecule has 0 fully saturated rings. The van der Waals surface area contributed by atoms with Crippen LogP contribution in [0.5, 0.6) is 0 Å². The second-order valence-corrected chi connectivity index (χ2v) is 8.36. The molecule has 0 bridgehead atoms. The first-order valence-electron chi connectivity index (χ1n) is 10.0. The molecular formula is C23H24ClN5O2S. The van der Waals surface area contributed by atoms with Crippen LogP contribution in [0.4, 0.5) is 0 Å². The molecule has 0 unspecified atom stereocenters. The van der Waals surface area contributed by atoms with Crippen LogP contribution in [0.15, 0.2) is 72.4 Å². The van der Waals surface area contributed by atoms with E-state index in [4.69, 9.17) is 11.6 Å². The Hall–Kier alpha value is -3.10. The van der Waals surface area contributed by atoms with Gasteiger partial charge in [-0.25, -0.2) is 0 Å². The Bertz CT molecular complexity index is 1070. The summed E-state index contributed by atoms with van der Waals surface area (Å²) in [6.45, 7) is 6.37. The molecule has 0 aliphatic carbocycles. The van der Waals surface area contributed by atoms with Crippen LogP contribution < -0.4 is 10.6 Å². The van der Waals surface area contributed by atoms with E-state index in [1.54, 1.807) is 30.3 Å². The van der Waals surface area contributed by atoms with Gasteiger partial charge in [0.25, 0.3) is 5.91 Å². The minimum atomic E-state index is -0.238. The average molecular weight is 470 g/mol. The zero-order valence-electron chi connectivity index (χ0n) is 17.6. The molecule has 9 heteroatoms. The molecule has 166 valence electrons. The summed E-state index contributed by atoms with van der Waals surface area (Å²) in [5.41, 5.74) is 1.54. The third kappa shape index (κ3) is 6.45. The summed E-state index contributed by atoms with van der Waals surface area (Å²) in [5, 5.41) is 15.3. The quantitative estimate of drug-likeness (QED) is 0.346. The molecule has 32 heavy (non-hydrogen) atoms. The van der Waals surface area contributed by atoms with Crippen LogP contribution in [0.2, 0.25) is 5.02 Å². The summed E-state index contributed by atoms with van der Waals surface area (Å²) in [4.78, 5) is 24.7. The smallest absolute Gasteiger partial charge is 0.251 e. The Labute approximate surface area is 196 Å². The van der Waals surface area contributed by atoms with Crippen molar-refractivity contribution in [3.05, 3.63) is 89.2 Å². The Kier molecular flexibility index (Phi) is 8.47. The van der Waals surface area contributed by atoms with Crippen molar-refractivity contribution < 1.29 is 9.59 Å². The molecule has 1 aromatic heterocycles. The summed E-state index contributed by atoms with van der Waals surface area (Å²) in [7, 11) is 0. The monoisotopic (exact) mass is 469 g/mol. The van der Waals surface area contributed by atoms with Crippen molar-refractivity contribution in [3.8, 4) is 0 Å². The number of allylic oxidation sites excluding steroid dienone is 1. The number of nitrogens with one attached hydrogen (secondary N) is 2. The Morgan fingerprint density at radius 3 is 2.56 bits per heavy atom. The Morgan fingerprint density at radius 2 is 1.88 bits per heavy atom. The fourth-order valence-electron chi connectivity index (χ4n) is 2.97. The lowest BCUT2D eigenvalue weighted by molar-refractivity contribution is -0.119. The van der Waals surface area contributed by atoms with Gasteiger partial charge in [-0.2, -0.15) is 0 Å². The highest BCUT2D eigenvalue weighted by Crippen LogP contribution is 2.18. The van der Waals surface area contributed by atoms with Gasteiger partial charge in [-0.15, -0.1) is 16.8 Å². The largest absolute Gasteiger partial charge is 0.349 e. The highest BCUT2D eigenvalue weighted by Gasteiger charge is 2.16. The lowest BCUT2D eigenvalue weighted by Crippen LogP contribution is -2.28. The van der Waals surface area contributed by atoms with Crippen LogP contribution in [0, 0.1) is 0 Å². The molecule has 0 radical (unpaired) electrons. The summed E-state index contributed by atoms with van der Waals surface area (Å²) < 4.78 is 1.83. The molecule has 1 heterocycles. The summed E-state index contributed by atoms with van der Waals surface area (Å²) >= 11 is 7.15. The third-order valence-corrected chi connectivity index (χ3v) is 5.85. The highest BCUT2D eigenvalue weighted by atomic mass is 35.5. The second kappa shape index (κ2) is 11.5. The van der Waals surface area contributed by atoms with Gasteiger partial charge < -0.3 is 15.2 Å². The third-order valence-electron chi connectivity index (χ3n) is 4.63. The molecule has 2 amide bonds. The number of halogens is 1. The van der Waals surface area contributed by atoms with E-state index in [9.17, 15) is 9.59 Å². The van der Waals surface area contributed by atoms with Crippen molar-refractivity contribution in [2.75, 3.05) is 5.75 Å². The molecule has 3 aromatic rings. The van der Waals surface area contributed by atoms with Gasteiger partial charge in [-0.05, 0) is 36.8 Å². The van der Waals surface area contributed by atoms with Crippen molar-refractivity contribution >= 4 is 35.2 Å². The molecule has 0 saturated heterocycles. The topological polar surface area (TPSA) is 88.9 Å². The van der Waals surface area contributed by atoms with E-state index >= 15 is 0 Å². The number of benzene rings is 2. The number of carbonyl (C=O) groups excluding carboxylic acids is 2. The number of rotatable bonds is 10. The van der Waals surface area contributed by atoms with E-state index in [0.717, 1.165) is 5.56 Å². The van der Waals surface area contributed by atoms with Crippen molar-refractivity contribution in [1.29, 1.82) is 0 Å². The maximum atomic E-state index is 12.4. The fourth-order valence-corrected chi connectivity index (χ4v) is 3.87. The van der Waals surface area contributed by atoms with Gasteiger partial charge in [-0.1, -0.05) is 59.8 Å². The number of thioether (sulfide) groups is 1. The Morgan fingerprint density at radius 1 is 1.16 bits per heavy atom. The predicted molar refractivity (Wildman–Crippen MR) is 127 cm³/mol. The van der Waals surface area contributed by atoms with E-state index in [-0.39, 0.29) is 30.2 Å². The zero-order chi connectivity index (χ0) is 22.9. The second-order valence-electron chi connectivity index (χ2n) is 6.98. The van der Waals surface area contributed by atoms with Crippen LogP contribution in [0.3, 0.4) is 0 Å². The Balaban J connectivity index is 1.57. The van der Waals surface area contributed by atoms with E-state index in [1.165, 1.54) is 11.8 Å². The number of hydrogen-bond donors (Lipinski definition) is 2. The number of amides is 2. The number of nitrogens with zero attached hydrogens (tertiary/aromatic N) is 3. The van der Waals surface area contributed by atoms with Gasteiger partial charge in [-0.3, -0.25) is 9.59 Å². The van der Waals surface area contributed by atoms with E-state index in [0.29, 0.717) is 28.1 Å². The van der Waals surface area contributed by atoms with Crippen molar-refractivity contribution in [2.45, 2.75) is 31.2 Å². The van der Waals surface area contributed by atoms with E-state index in [1.807, 2.05) is 41.8 Å². The van der Waals surface area contributed by atoms with Crippen LogP contribution in [0.25, 0.3) is 0 Å². The van der Waals surface area contributed by atoms with Crippen LogP contribution >= 0.6 is 23.4 Å². The van der Waals surface area contributed by atoms with Crippen molar-refractivity contribution in [2.24, 2.45) is 0 Å². The first kappa shape index (κ1) is 23.6. The van der Waals surface area contributed by atoms with Crippen molar-refractivity contribution in [3.63, 3.8) is 0 Å². The molecule has 2 aromatic carbocycles. The fraction of sp³-hybridized carbons (Fsp3) is 0.217. The molecule has 0 aliphatic heterocycles. The average Bonchev–Trinajstić information content (AvgIpc) is 3.19. The lowest BCUT2D eigenvalue weighted by Gasteiger charge is -2.14. The lowest BCUT2D eigenvalue weighted by atomic mass is 10.1. The minimum Gasteiger partial charge on any atom is -0.349 e. The standard InChI is InChI=1S/C23H24ClN5O2S/c1-3-13-29-20(14-25-22(31)18-9-11-19(24)12-10-18)27-28-23(29)32-15-21(30)26-16(2)17-7-5-4-6-8-17/h3-12,16H,1,13-15H2,2H3,(H,25,31)(H,26,30)/t16-/m0/s1. The predicted octanol–water partition coefficient (Wildman–Crippen LogP) is 4.02. The number of carbonyl (C=O) groups is 2. The minimum absolute atomic E-state index is 0.0889. The summed E-state index contributed by atoms with van der Waals surface area (Å²) in [6.07, 6.45) is 1.72. The summed E-state index contributed by atoms with van der Waals surface area (Å²) in [6, 6.07) is 16.3. The first-order valence-corrected chi connectivity index (χ1v) is 11.4. The maximum Gasteiger partial charge on any atom is 0.251 e. The molecule has 7 nitrogen and oxygen atoms in total. The molecular weight excluding hydrogens is 446 g/mol. The molecule has 0 aliphatic rings. The van der Waals surface area contributed by atoms with E-state index < -0.39 is 0 Å². The zero-order valence-corrected chi connectivity index (χ0v) is 19.2. The number of aromatic nitrogens is 3. The van der Waals surface area contributed by atoms with Gasteiger partial charge in [0.05, 0.1) is 18.3 Å². The van der Waals surface area contributed by atoms with Gasteiger partial charge >= 0.3 is 0 Å². The molecule has 0 saturated carbocycles. The van der Waals surface area contributed by atoms with Crippen LogP contribution in [-0.4, -0.2) is 32.3 Å². The van der Waals surface area contributed by atoms with Gasteiger partial charge in [0.2, 0.25) is 5.91 Å². The maximum absolute atomic E-state index is 12.4. The highest BCUT2D eigenvalue weighted by molar-refractivity contribution is 7.99. The SMILES string of the molecule is C=CCn1c(CNC(=O)c2ccc(Cl)cc2)nnc1SCC(=O)N[C@@H](C)c1ccccc1. The van der Waals surface area contributed by atoms with Gasteiger partial charge in [0.1, 0.15) is 0 Å². The normalized spacial score (nSPS) is 11.6. The van der Waals surface area contributed by atoms with Gasteiger partial charge in [0.15, 0.2) is 11.0 Å². The van der Waals surface area contributed by atoms with Crippen LogP contribution in [0.1, 0.15) is 34.7 Å². The molecule has 2 N–H and O–H groups in total. The van der Waals surface area contributed by atoms with Crippen LogP contribution in [-0.2, 0) is 17.9 Å². The number of hydrogen-bond acceptors (Lipinski definition) is 5. The summed E-state index contributed by atoms with van der Waals surface area (Å²) in [5.74, 6) is 0.437.